The van der Waals surface area contributed by atoms with Crippen molar-refractivity contribution in [3.63, 3.8) is 0 Å². The Kier molecular flexibility index (Phi) is 5.77. The molecule has 12 heteroatoms. The Hall–Kier alpha value is -3.93. The molecule has 5 N–H and O–H groups in total. The Labute approximate surface area is 189 Å². The highest BCUT2D eigenvalue weighted by Gasteiger charge is 2.25. The van der Waals surface area contributed by atoms with Gasteiger partial charge < -0.3 is 21.1 Å². The molecule has 0 aromatic carbocycles. The van der Waals surface area contributed by atoms with E-state index in [2.05, 4.69) is 25.3 Å². The van der Waals surface area contributed by atoms with E-state index in [0.717, 1.165) is 17.5 Å². The molecule has 0 aliphatic carbocycles. The summed E-state index contributed by atoms with van der Waals surface area (Å²) in [4.78, 5) is 38.8. The Bertz CT molecular complexity index is 1390. The number of anilines is 1. The van der Waals surface area contributed by atoms with Crippen LogP contribution in [-0.4, -0.2) is 43.0 Å². The Morgan fingerprint density at radius 2 is 2.00 bits per heavy atom. The van der Waals surface area contributed by atoms with Crippen LogP contribution in [-0.2, 0) is 4.79 Å². The number of hydrogen-bond acceptors (Lipinski definition) is 7. The maximum absolute atomic E-state index is 15.5. The van der Waals surface area contributed by atoms with Crippen LogP contribution in [0.2, 0.25) is 0 Å². The number of thiophene rings is 1. The van der Waals surface area contributed by atoms with Crippen LogP contribution in [0.15, 0.2) is 30.6 Å². The number of aliphatic carboxylic acids is 1. The third-order valence-electron chi connectivity index (χ3n) is 5.18. The predicted octanol–water partition coefficient (Wildman–Crippen LogP) is 3.65. The van der Waals surface area contributed by atoms with Crippen molar-refractivity contribution < 1.29 is 23.5 Å². The number of aromatic nitrogens is 4. The van der Waals surface area contributed by atoms with Gasteiger partial charge in [-0.05, 0) is 32.0 Å². The number of nitrogens with one attached hydrogen (secondary N) is 2. The first-order valence-corrected chi connectivity index (χ1v) is 10.6. The summed E-state index contributed by atoms with van der Waals surface area (Å²) in [7, 11) is 0. The minimum absolute atomic E-state index is 0.0525. The van der Waals surface area contributed by atoms with Gasteiger partial charge >= 0.3 is 5.97 Å². The molecule has 1 amide bonds. The monoisotopic (exact) mass is 472 g/mol. The smallest absolute Gasteiger partial charge is 0.308 e. The van der Waals surface area contributed by atoms with Gasteiger partial charge in [0.05, 0.1) is 21.9 Å². The van der Waals surface area contributed by atoms with Crippen LogP contribution in [0.25, 0.3) is 33.0 Å². The van der Waals surface area contributed by atoms with Crippen molar-refractivity contribution in [1.29, 1.82) is 0 Å². The molecule has 0 saturated carbocycles. The average Bonchev–Trinajstić information content (AvgIpc) is 3.42. The lowest BCUT2D eigenvalue weighted by molar-refractivity contribution is -0.141. The SMILES string of the molecule is C[C@H](Nc1nc(-c2c[nH]c3ncc(F)cc23)nc(-c2ccc(C(N)=O)s2)c1F)[C@H](C)C(=O)O. The first-order valence-electron chi connectivity index (χ1n) is 9.75. The van der Waals surface area contributed by atoms with E-state index in [1.54, 1.807) is 6.92 Å². The van der Waals surface area contributed by atoms with Gasteiger partial charge in [-0.3, -0.25) is 9.59 Å². The maximum Gasteiger partial charge on any atom is 0.308 e. The molecule has 0 bridgehead atoms. The van der Waals surface area contributed by atoms with Crippen molar-refractivity contribution in [2.24, 2.45) is 11.7 Å². The van der Waals surface area contributed by atoms with Crippen molar-refractivity contribution in [2.75, 3.05) is 5.32 Å². The third kappa shape index (κ3) is 4.24. The van der Waals surface area contributed by atoms with Gasteiger partial charge in [0.2, 0.25) is 0 Å². The largest absolute Gasteiger partial charge is 0.481 e. The molecular formula is C21H18F2N6O3S. The van der Waals surface area contributed by atoms with Crippen LogP contribution >= 0.6 is 11.3 Å². The van der Waals surface area contributed by atoms with E-state index in [4.69, 9.17) is 5.73 Å². The number of fused-ring (bicyclic) bond motifs is 1. The van der Waals surface area contributed by atoms with E-state index in [0.29, 0.717) is 21.5 Å². The molecule has 4 aromatic heterocycles. The highest BCUT2D eigenvalue weighted by molar-refractivity contribution is 7.17. The summed E-state index contributed by atoms with van der Waals surface area (Å²) in [6.45, 7) is 3.06. The molecular weight excluding hydrogens is 454 g/mol. The zero-order valence-corrected chi connectivity index (χ0v) is 18.2. The van der Waals surface area contributed by atoms with Crippen LogP contribution in [0.1, 0.15) is 23.5 Å². The van der Waals surface area contributed by atoms with Gasteiger partial charge in [0.25, 0.3) is 5.91 Å². The number of rotatable bonds is 7. The summed E-state index contributed by atoms with van der Waals surface area (Å²) in [5.41, 5.74) is 5.95. The number of hydrogen-bond donors (Lipinski definition) is 4. The van der Waals surface area contributed by atoms with Gasteiger partial charge in [0.1, 0.15) is 17.2 Å². The lowest BCUT2D eigenvalue weighted by Gasteiger charge is -2.19. The van der Waals surface area contributed by atoms with Crippen molar-refractivity contribution >= 4 is 40.1 Å². The van der Waals surface area contributed by atoms with E-state index in [-0.39, 0.29) is 22.2 Å². The molecule has 0 aliphatic rings. The summed E-state index contributed by atoms with van der Waals surface area (Å²) in [5.74, 6) is -4.16. The van der Waals surface area contributed by atoms with Crippen LogP contribution < -0.4 is 11.1 Å². The molecule has 4 heterocycles. The van der Waals surface area contributed by atoms with Gasteiger partial charge in [0.15, 0.2) is 17.5 Å². The molecule has 4 rings (SSSR count). The lowest BCUT2D eigenvalue weighted by Crippen LogP contribution is -2.30. The number of carboxylic acids is 1. The number of carboxylic acid groups (broad SMARTS) is 1. The number of amides is 1. The number of nitrogens with two attached hydrogens (primary N) is 1. The standard InChI is InChI=1S/C21H18F2N6O3S/c1-8(21(31)32)9(2)27-20-15(23)16(13-3-4-14(33-13)17(24)30)28-19(29-20)12-7-26-18-11(12)5-10(22)6-25-18/h3-9H,1-2H3,(H2,24,30)(H,25,26)(H,31,32)(H,27,28,29)/t8-,9-/m0/s1. The number of aromatic amines is 1. The normalized spacial score (nSPS) is 13.1. The molecule has 4 aromatic rings. The molecule has 0 aliphatic heterocycles. The highest BCUT2D eigenvalue weighted by Crippen LogP contribution is 2.35. The topological polar surface area (TPSA) is 147 Å². The second-order valence-corrected chi connectivity index (χ2v) is 8.48. The minimum Gasteiger partial charge on any atom is -0.481 e. The van der Waals surface area contributed by atoms with E-state index >= 15 is 4.39 Å². The summed E-state index contributed by atoms with van der Waals surface area (Å²) in [6.07, 6.45) is 2.57. The zero-order chi connectivity index (χ0) is 23.9. The number of H-pyrrole nitrogens is 1. The van der Waals surface area contributed by atoms with Crippen molar-refractivity contribution in [2.45, 2.75) is 19.9 Å². The van der Waals surface area contributed by atoms with Gasteiger partial charge in [-0.25, -0.2) is 23.7 Å². The number of halogens is 2. The fourth-order valence-electron chi connectivity index (χ4n) is 3.14. The molecule has 0 saturated heterocycles. The van der Waals surface area contributed by atoms with Gasteiger partial charge in [-0.15, -0.1) is 11.3 Å². The third-order valence-corrected chi connectivity index (χ3v) is 6.28. The van der Waals surface area contributed by atoms with E-state index in [1.165, 1.54) is 31.3 Å². The van der Waals surface area contributed by atoms with Crippen LogP contribution in [0.5, 0.6) is 0 Å². The van der Waals surface area contributed by atoms with Gasteiger partial charge in [0, 0.05) is 23.2 Å². The second-order valence-electron chi connectivity index (χ2n) is 7.40. The molecule has 170 valence electrons. The predicted molar refractivity (Wildman–Crippen MR) is 119 cm³/mol. The number of nitrogens with zero attached hydrogens (tertiary/aromatic N) is 3. The molecule has 0 radical (unpaired) electrons. The van der Waals surface area contributed by atoms with E-state index in [1.807, 2.05) is 0 Å². The Balaban J connectivity index is 1.89. The second kappa shape index (κ2) is 8.54. The first-order chi connectivity index (χ1) is 15.7. The molecule has 0 fully saturated rings. The Morgan fingerprint density at radius 1 is 1.24 bits per heavy atom. The van der Waals surface area contributed by atoms with E-state index in [9.17, 15) is 19.1 Å². The van der Waals surface area contributed by atoms with Gasteiger partial charge in [-0.2, -0.15) is 0 Å². The molecule has 0 spiro atoms. The van der Waals surface area contributed by atoms with Gasteiger partial charge in [-0.1, -0.05) is 0 Å². The number of primary amides is 1. The fraction of sp³-hybridized carbons (Fsp3) is 0.190. The van der Waals surface area contributed by atoms with Crippen molar-refractivity contribution in [1.82, 2.24) is 19.9 Å². The summed E-state index contributed by atoms with van der Waals surface area (Å²) in [6, 6.07) is 3.53. The van der Waals surface area contributed by atoms with E-state index < -0.39 is 35.5 Å². The number of pyridine rings is 1. The first kappa shape index (κ1) is 22.3. The minimum atomic E-state index is -1.06. The lowest BCUT2D eigenvalue weighted by atomic mass is 10.0. The summed E-state index contributed by atoms with van der Waals surface area (Å²) >= 11 is 0.952. The molecule has 33 heavy (non-hydrogen) atoms. The molecule has 0 unspecified atom stereocenters. The number of carbonyl (C=O) groups excluding carboxylic acids is 1. The Morgan fingerprint density at radius 3 is 2.67 bits per heavy atom. The molecule has 2 atom stereocenters. The molecule has 9 nitrogen and oxygen atoms in total. The fourth-order valence-corrected chi connectivity index (χ4v) is 3.98. The van der Waals surface area contributed by atoms with Crippen LogP contribution in [0.4, 0.5) is 14.6 Å². The summed E-state index contributed by atoms with van der Waals surface area (Å²) in [5, 5.41) is 12.5. The average molecular weight is 472 g/mol. The quantitative estimate of drug-likeness (QED) is 0.321. The van der Waals surface area contributed by atoms with Crippen LogP contribution in [0, 0.1) is 17.6 Å². The van der Waals surface area contributed by atoms with Crippen molar-refractivity contribution in [3.8, 4) is 22.0 Å². The highest BCUT2D eigenvalue weighted by atomic mass is 32.1. The van der Waals surface area contributed by atoms with Crippen LogP contribution in [0.3, 0.4) is 0 Å². The number of carbonyl (C=O) groups is 2. The summed E-state index contributed by atoms with van der Waals surface area (Å²) < 4.78 is 29.3. The van der Waals surface area contributed by atoms with Crippen molar-refractivity contribution in [3.05, 3.63) is 47.1 Å². The maximum atomic E-state index is 15.5. The zero-order valence-electron chi connectivity index (χ0n) is 17.4.